The van der Waals surface area contributed by atoms with E-state index < -0.39 is 5.97 Å². The third-order valence-corrected chi connectivity index (χ3v) is 3.52. The van der Waals surface area contributed by atoms with Gasteiger partial charge in [-0.25, -0.2) is 4.79 Å². The molecule has 0 aliphatic heterocycles. The molecule has 5 heteroatoms. The molecule has 4 nitrogen and oxygen atoms in total. The van der Waals surface area contributed by atoms with Crippen LogP contribution in [0.4, 0.5) is 0 Å². The van der Waals surface area contributed by atoms with Crippen molar-refractivity contribution in [3.05, 3.63) is 57.2 Å². The Morgan fingerprint density at radius 3 is 2.43 bits per heavy atom. The highest BCUT2D eigenvalue weighted by atomic mass is 127. The van der Waals surface area contributed by atoms with Crippen LogP contribution in [0.2, 0.25) is 0 Å². The van der Waals surface area contributed by atoms with Gasteiger partial charge >= 0.3 is 5.97 Å². The second-order valence-corrected chi connectivity index (χ2v) is 5.56. The van der Waals surface area contributed by atoms with Crippen molar-refractivity contribution in [1.29, 1.82) is 0 Å². The molecule has 0 radical (unpaired) electrons. The van der Waals surface area contributed by atoms with E-state index in [-0.39, 0.29) is 5.56 Å². The fraction of sp³-hybridized carbons (Fsp3) is 0.188. The second-order valence-electron chi connectivity index (χ2n) is 4.31. The molecule has 0 aliphatic carbocycles. The first kappa shape index (κ1) is 15.6. The van der Waals surface area contributed by atoms with Gasteiger partial charge in [0, 0.05) is 3.57 Å². The van der Waals surface area contributed by atoms with Gasteiger partial charge in [0.1, 0.15) is 6.61 Å². The van der Waals surface area contributed by atoms with Gasteiger partial charge in [0.25, 0.3) is 0 Å². The summed E-state index contributed by atoms with van der Waals surface area (Å²) in [6.07, 6.45) is 0. The third-order valence-electron chi connectivity index (χ3n) is 2.80. The van der Waals surface area contributed by atoms with Crippen LogP contribution in [0.25, 0.3) is 0 Å². The highest BCUT2D eigenvalue weighted by Gasteiger charge is 2.10. The van der Waals surface area contributed by atoms with Crippen LogP contribution in [-0.4, -0.2) is 17.7 Å². The molecular weight excluding hydrogens is 383 g/mol. The number of hydrogen-bond donors (Lipinski definition) is 1. The van der Waals surface area contributed by atoms with Crippen LogP contribution >= 0.6 is 22.6 Å². The van der Waals surface area contributed by atoms with Crippen molar-refractivity contribution in [2.24, 2.45) is 0 Å². The minimum atomic E-state index is -0.986. The lowest BCUT2D eigenvalue weighted by Gasteiger charge is -2.12. The molecule has 0 aliphatic rings. The lowest BCUT2D eigenvalue weighted by Crippen LogP contribution is -2.02. The summed E-state index contributed by atoms with van der Waals surface area (Å²) in [6.45, 7) is 2.70. The predicted octanol–water partition coefficient (Wildman–Crippen LogP) is 3.97. The average Bonchev–Trinajstić information content (AvgIpc) is 2.47. The zero-order valence-electron chi connectivity index (χ0n) is 11.5. The quantitative estimate of drug-likeness (QED) is 0.749. The largest absolute Gasteiger partial charge is 0.490 e. The molecule has 0 aromatic heterocycles. The molecule has 0 bridgehead atoms. The first-order valence-electron chi connectivity index (χ1n) is 6.47. The number of carboxylic acids is 1. The van der Waals surface area contributed by atoms with E-state index in [2.05, 4.69) is 22.6 Å². The van der Waals surface area contributed by atoms with Crippen LogP contribution in [0.3, 0.4) is 0 Å². The van der Waals surface area contributed by atoms with E-state index in [9.17, 15) is 4.79 Å². The summed E-state index contributed by atoms with van der Waals surface area (Å²) >= 11 is 2.25. The fourth-order valence-electron chi connectivity index (χ4n) is 1.77. The molecule has 0 amide bonds. The van der Waals surface area contributed by atoms with Gasteiger partial charge in [-0.3, -0.25) is 0 Å². The van der Waals surface area contributed by atoms with Crippen LogP contribution in [0, 0.1) is 3.57 Å². The van der Waals surface area contributed by atoms with E-state index >= 15 is 0 Å². The monoisotopic (exact) mass is 398 g/mol. The Bertz CT molecular complexity index is 623. The first-order chi connectivity index (χ1) is 10.1. The van der Waals surface area contributed by atoms with E-state index in [0.29, 0.717) is 24.7 Å². The number of halogens is 1. The van der Waals surface area contributed by atoms with Gasteiger partial charge in [0.05, 0.1) is 12.2 Å². The summed E-state index contributed by atoms with van der Waals surface area (Å²) < 4.78 is 12.3. The van der Waals surface area contributed by atoms with E-state index in [1.165, 1.54) is 12.1 Å². The maximum absolute atomic E-state index is 11.0. The molecular formula is C16H15IO4. The fourth-order valence-corrected chi connectivity index (χ4v) is 2.13. The first-order valence-corrected chi connectivity index (χ1v) is 7.55. The highest BCUT2D eigenvalue weighted by Crippen LogP contribution is 2.29. The van der Waals surface area contributed by atoms with Crippen LogP contribution < -0.4 is 9.47 Å². The molecule has 2 aromatic rings. The lowest BCUT2D eigenvalue weighted by molar-refractivity contribution is 0.0696. The predicted molar refractivity (Wildman–Crippen MR) is 88.1 cm³/mol. The number of hydrogen-bond acceptors (Lipinski definition) is 3. The topological polar surface area (TPSA) is 55.8 Å². The number of aromatic carboxylic acids is 1. The molecule has 0 unspecified atom stereocenters. The number of carboxylic acid groups (broad SMARTS) is 1. The van der Waals surface area contributed by atoms with Gasteiger partial charge in [-0.15, -0.1) is 0 Å². The Kier molecular flexibility index (Phi) is 5.44. The minimum absolute atomic E-state index is 0.181. The summed E-state index contributed by atoms with van der Waals surface area (Å²) in [4.78, 5) is 11.0. The normalized spacial score (nSPS) is 10.2. The summed E-state index contributed by atoms with van der Waals surface area (Å²) in [6, 6.07) is 12.6. The minimum Gasteiger partial charge on any atom is -0.490 e. The summed E-state index contributed by atoms with van der Waals surface area (Å²) in [5.41, 5.74) is 1.22. The average molecular weight is 398 g/mol. The van der Waals surface area contributed by atoms with E-state index in [4.69, 9.17) is 14.6 Å². The van der Waals surface area contributed by atoms with Crippen LogP contribution in [0.1, 0.15) is 22.8 Å². The Balaban J connectivity index is 2.14. The Labute approximate surface area is 136 Å². The maximum Gasteiger partial charge on any atom is 0.335 e. The van der Waals surface area contributed by atoms with Gasteiger partial charge in [0.15, 0.2) is 11.5 Å². The third kappa shape index (κ3) is 4.35. The Morgan fingerprint density at radius 2 is 1.81 bits per heavy atom. The standard InChI is InChI=1S/C16H15IO4/c1-2-20-15-9-12(16(18)19)5-8-14(15)21-10-11-3-6-13(17)7-4-11/h3-9H,2,10H2,1H3,(H,18,19). The van der Waals surface area contributed by atoms with Crippen LogP contribution in [0.5, 0.6) is 11.5 Å². The van der Waals surface area contributed by atoms with Crippen molar-refractivity contribution >= 4 is 28.6 Å². The summed E-state index contributed by atoms with van der Waals surface area (Å²) in [5, 5.41) is 9.01. The summed E-state index contributed by atoms with van der Waals surface area (Å²) in [5.74, 6) is 0.00319. The number of carbonyl (C=O) groups is 1. The number of benzene rings is 2. The molecule has 0 saturated carbocycles. The van der Waals surface area contributed by atoms with Gasteiger partial charge in [-0.05, 0) is 65.4 Å². The van der Waals surface area contributed by atoms with Crippen molar-refractivity contribution in [3.63, 3.8) is 0 Å². The highest BCUT2D eigenvalue weighted by molar-refractivity contribution is 14.1. The molecule has 0 spiro atoms. The van der Waals surface area contributed by atoms with E-state index in [1.807, 2.05) is 31.2 Å². The molecule has 2 rings (SSSR count). The molecule has 0 atom stereocenters. The zero-order valence-corrected chi connectivity index (χ0v) is 13.7. The molecule has 1 N–H and O–H groups in total. The van der Waals surface area contributed by atoms with Gasteiger partial charge in [-0.1, -0.05) is 12.1 Å². The van der Waals surface area contributed by atoms with Gasteiger partial charge < -0.3 is 14.6 Å². The number of ether oxygens (including phenoxy) is 2. The number of rotatable bonds is 6. The van der Waals surface area contributed by atoms with Gasteiger partial charge in [0.2, 0.25) is 0 Å². The van der Waals surface area contributed by atoms with Crippen molar-refractivity contribution in [2.45, 2.75) is 13.5 Å². The summed E-state index contributed by atoms with van der Waals surface area (Å²) in [7, 11) is 0. The molecule has 0 heterocycles. The molecule has 0 saturated heterocycles. The molecule has 110 valence electrons. The van der Waals surface area contributed by atoms with E-state index in [1.54, 1.807) is 6.07 Å². The Hall–Kier alpha value is -1.76. The second kappa shape index (κ2) is 7.31. The van der Waals surface area contributed by atoms with Crippen LogP contribution in [-0.2, 0) is 6.61 Å². The molecule has 21 heavy (non-hydrogen) atoms. The smallest absolute Gasteiger partial charge is 0.335 e. The molecule has 2 aromatic carbocycles. The van der Waals surface area contributed by atoms with Crippen molar-refractivity contribution in [2.75, 3.05) is 6.61 Å². The van der Waals surface area contributed by atoms with Crippen molar-refractivity contribution in [3.8, 4) is 11.5 Å². The van der Waals surface area contributed by atoms with Crippen molar-refractivity contribution < 1.29 is 19.4 Å². The maximum atomic E-state index is 11.0. The zero-order chi connectivity index (χ0) is 15.2. The van der Waals surface area contributed by atoms with Crippen molar-refractivity contribution in [1.82, 2.24) is 0 Å². The van der Waals surface area contributed by atoms with Gasteiger partial charge in [-0.2, -0.15) is 0 Å². The SMILES string of the molecule is CCOc1cc(C(=O)O)ccc1OCc1ccc(I)cc1. The Morgan fingerprint density at radius 1 is 1.10 bits per heavy atom. The molecule has 0 fully saturated rings. The lowest BCUT2D eigenvalue weighted by atomic mass is 10.2. The van der Waals surface area contributed by atoms with E-state index in [0.717, 1.165) is 9.13 Å². The van der Waals surface area contributed by atoms with Crippen LogP contribution in [0.15, 0.2) is 42.5 Å².